The Morgan fingerprint density at radius 1 is 1.47 bits per heavy atom. The van der Waals surface area contributed by atoms with Crippen LogP contribution in [0.15, 0.2) is 43.0 Å². The van der Waals surface area contributed by atoms with Crippen molar-refractivity contribution in [3.05, 3.63) is 55.1 Å². The van der Waals surface area contributed by atoms with E-state index in [1.54, 1.807) is 6.08 Å². The summed E-state index contributed by atoms with van der Waals surface area (Å²) in [6, 6.07) is 9.45. The van der Waals surface area contributed by atoms with Gasteiger partial charge in [0, 0.05) is 12.6 Å². The van der Waals surface area contributed by atoms with E-state index in [4.69, 9.17) is 10.5 Å². The number of carbonyl (C=O) groups excluding carboxylic acids is 1. The molecule has 2 atom stereocenters. The van der Waals surface area contributed by atoms with E-state index in [-0.39, 0.29) is 18.6 Å². The fourth-order valence-electron chi connectivity index (χ4n) is 1.63. The second-order valence-corrected chi connectivity index (χ2v) is 4.38. The molecule has 0 fully saturated rings. The number of hydrogen-bond donors (Lipinski definition) is 2. The lowest BCUT2D eigenvalue weighted by atomic mass is 9.99. The normalized spacial score (nSPS) is 13.4. The molecule has 1 rings (SSSR count). The molecule has 1 unspecified atom stereocenters. The van der Waals surface area contributed by atoms with E-state index in [2.05, 4.69) is 11.9 Å². The number of nitrogens with two attached hydrogens (primary N) is 1. The van der Waals surface area contributed by atoms with Crippen molar-refractivity contribution in [1.29, 1.82) is 0 Å². The highest BCUT2D eigenvalue weighted by atomic mass is 16.5. The molecule has 0 aliphatic rings. The summed E-state index contributed by atoms with van der Waals surface area (Å²) in [6.45, 7) is 7.48. The second-order valence-electron chi connectivity index (χ2n) is 4.38. The van der Waals surface area contributed by atoms with Crippen LogP contribution in [0.3, 0.4) is 0 Å². The van der Waals surface area contributed by atoms with Gasteiger partial charge in [-0.25, -0.2) is 4.79 Å². The number of carbonyl (C=O) groups is 1. The Hall–Kier alpha value is -1.81. The van der Waals surface area contributed by atoms with E-state index in [1.807, 2.05) is 37.3 Å². The molecular weight excluding hydrogens is 240 g/mol. The lowest BCUT2D eigenvalue weighted by Gasteiger charge is -2.21. The monoisotopic (exact) mass is 261 g/mol. The molecule has 0 aromatic heterocycles. The van der Waals surface area contributed by atoms with Crippen LogP contribution in [0.25, 0.3) is 0 Å². The SMILES string of the molecule is C=C[C@H](C)C(C[CH]N)NC(=O)OCc1ccccc1. The number of benzene rings is 1. The molecule has 1 aromatic rings. The quantitative estimate of drug-likeness (QED) is 0.741. The molecule has 0 aliphatic heterocycles. The predicted molar refractivity (Wildman–Crippen MR) is 76.0 cm³/mol. The van der Waals surface area contributed by atoms with Gasteiger partial charge in [-0.2, -0.15) is 0 Å². The van der Waals surface area contributed by atoms with Crippen molar-refractivity contribution >= 4 is 6.09 Å². The van der Waals surface area contributed by atoms with Crippen LogP contribution < -0.4 is 11.1 Å². The molecule has 19 heavy (non-hydrogen) atoms. The average Bonchev–Trinajstić information content (AvgIpc) is 2.45. The number of rotatable bonds is 7. The summed E-state index contributed by atoms with van der Waals surface area (Å²) in [7, 11) is 0. The van der Waals surface area contributed by atoms with Crippen molar-refractivity contribution in [2.24, 2.45) is 11.7 Å². The molecule has 0 saturated heterocycles. The van der Waals surface area contributed by atoms with Crippen LogP contribution in [0, 0.1) is 12.5 Å². The summed E-state index contributed by atoms with van der Waals surface area (Å²) < 4.78 is 5.16. The van der Waals surface area contributed by atoms with Crippen molar-refractivity contribution < 1.29 is 9.53 Å². The molecular formula is C15H21N2O2. The van der Waals surface area contributed by atoms with E-state index in [9.17, 15) is 4.79 Å². The Morgan fingerprint density at radius 3 is 2.74 bits per heavy atom. The van der Waals surface area contributed by atoms with Crippen molar-refractivity contribution in [3.63, 3.8) is 0 Å². The molecule has 1 radical (unpaired) electrons. The van der Waals surface area contributed by atoms with Gasteiger partial charge in [0.15, 0.2) is 0 Å². The molecule has 103 valence electrons. The van der Waals surface area contributed by atoms with E-state index >= 15 is 0 Å². The van der Waals surface area contributed by atoms with Gasteiger partial charge < -0.3 is 15.8 Å². The number of nitrogens with one attached hydrogen (secondary N) is 1. The summed E-state index contributed by atoms with van der Waals surface area (Å²) in [4.78, 5) is 11.7. The lowest BCUT2D eigenvalue weighted by Crippen LogP contribution is -2.39. The number of amides is 1. The smallest absolute Gasteiger partial charge is 0.407 e. The molecule has 1 aromatic carbocycles. The Kier molecular flexibility index (Phi) is 6.68. The third-order valence-electron chi connectivity index (χ3n) is 2.91. The van der Waals surface area contributed by atoms with Gasteiger partial charge in [0.05, 0.1) is 0 Å². The van der Waals surface area contributed by atoms with E-state index in [1.165, 1.54) is 6.54 Å². The largest absolute Gasteiger partial charge is 0.445 e. The highest BCUT2D eigenvalue weighted by molar-refractivity contribution is 5.67. The minimum atomic E-state index is -0.440. The summed E-state index contributed by atoms with van der Waals surface area (Å²) in [5, 5.41) is 2.80. The van der Waals surface area contributed by atoms with Gasteiger partial charge in [0.25, 0.3) is 0 Å². The third-order valence-corrected chi connectivity index (χ3v) is 2.91. The van der Waals surface area contributed by atoms with Crippen LogP contribution in [0.2, 0.25) is 0 Å². The van der Waals surface area contributed by atoms with Crippen molar-refractivity contribution in [2.45, 2.75) is 26.0 Å². The third kappa shape index (κ3) is 5.57. The molecule has 3 N–H and O–H groups in total. The van der Waals surface area contributed by atoms with Gasteiger partial charge in [0.2, 0.25) is 0 Å². The van der Waals surface area contributed by atoms with Crippen LogP contribution in [0.1, 0.15) is 18.9 Å². The number of alkyl carbamates (subject to hydrolysis) is 1. The van der Waals surface area contributed by atoms with Crippen LogP contribution in [0.4, 0.5) is 4.79 Å². The van der Waals surface area contributed by atoms with Crippen LogP contribution in [0.5, 0.6) is 0 Å². The zero-order valence-electron chi connectivity index (χ0n) is 11.2. The number of ether oxygens (including phenoxy) is 1. The van der Waals surface area contributed by atoms with Gasteiger partial charge in [-0.05, 0) is 17.9 Å². The van der Waals surface area contributed by atoms with Gasteiger partial charge in [-0.3, -0.25) is 0 Å². The van der Waals surface area contributed by atoms with Gasteiger partial charge in [0.1, 0.15) is 6.61 Å². The topological polar surface area (TPSA) is 64.3 Å². The maximum atomic E-state index is 11.7. The second kappa shape index (κ2) is 8.32. The van der Waals surface area contributed by atoms with Gasteiger partial charge >= 0.3 is 6.09 Å². The molecule has 0 aliphatic carbocycles. The van der Waals surface area contributed by atoms with Crippen LogP contribution in [-0.2, 0) is 11.3 Å². The summed E-state index contributed by atoms with van der Waals surface area (Å²) in [5.41, 5.74) is 6.37. The van der Waals surface area contributed by atoms with Crippen molar-refractivity contribution in [3.8, 4) is 0 Å². The fraction of sp³-hybridized carbons (Fsp3) is 0.333. The molecule has 0 spiro atoms. The first-order valence-electron chi connectivity index (χ1n) is 6.30. The molecule has 0 saturated carbocycles. The Bertz CT molecular complexity index is 392. The highest BCUT2D eigenvalue weighted by Crippen LogP contribution is 2.09. The van der Waals surface area contributed by atoms with Gasteiger partial charge in [-0.1, -0.05) is 43.3 Å². The summed E-state index contributed by atoms with van der Waals surface area (Å²) in [6.07, 6.45) is 1.92. The summed E-state index contributed by atoms with van der Waals surface area (Å²) in [5.74, 6) is 0.129. The van der Waals surface area contributed by atoms with E-state index in [0.717, 1.165) is 5.56 Å². The molecule has 4 nitrogen and oxygen atoms in total. The average molecular weight is 261 g/mol. The molecule has 4 heteroatoms. The fourth-order valence-corrected chi connectivity index (χ4v) is 1.63. The molecule has 0 heterocycles. The van der Waals surface area contributed by atoms with E-state index in [0.29, 0.717) is 6.42 Å². The first-order chi connectivity index (χ1) is 9.17. The first-order valence-corrected chi connectivity index (χ1v) is 6.30. The number of hydrogen-bond acceptors (Lipinski definition) is 3. The van der Waals surface area contributed by atoms with Crippen molar-refractivity contribution in [1.82, 2.24) is 5.32 Å². The minimum absolute atomic E-state index is 0.0919. The zero-order chi connectivity index (χ0) is 14.1. The zero-order valence-corrected chi connectivity index (χ0v) is 11.2. The van der Waals surface area contributed by atoms with E-state index < -0.39 is 6.09 Å². The van der Waals surface area contributed by atoms with Crippen molar-refractivity contribution in [2.75, 3.05) is 0 Å². The standard InChI is InChI=1S/C15H21N2O2/c1-3-12(2)14(9-10-16)17-15(18)19-11-13-7-5-4-6-8-13/h3-8,10,12,14H,1,9,11,16H2,2H3,(H,17,18)/t12-,14?/m0/s1. The lowest BCUT2D eigenvalue weighted by molar-refractivity contribution is 0.133. The summed E-state index contributed by atoms with van der Waals surface area (Å²) >= 11 is 0. The van der Waals surface area contributed by atoms with Crippen LogP contribution >= 0.6 is 0 Å². The Balaban J connectivity index is 2.42. The maximum Gasteiger partial charge on any atom is 0.407 e. The maximum absolute atomic E-state index is 11.7. The molecule has 0 bridgehead atoms. The molecule has 1 amide bonds. The highest BCUT2D eigenvalue weighted by Gasteiger charge is 2.17. The Labute approximate surface area is 114 Å². The van der Waals surface area contributed by atoms with Gasteiger partial charge in [-0.15, -0.1) is 6.58 Å². The minimum Gasteiger partial charge on any atom is -0.445 e. The first kappa shape index (κ1) is 15.2. The predicted octanol–water partition coefficient (Wildman–Crippen LogP) is 2.61. The Morgan fingerprint density at radius 2 is 2.16 bits per heavy atom. The van der Waals surface area contributed by atoms with Crippen LogP contribution in [-0.4, -0.2) is 12.1 Å².